The van der Waals surface area contributed by atoms with E-state index in [4.69, 9.17) is 4.74 Å². The van der Waals surface area contributed by atoms with Gasteiger partial charge in [0.15, 0.2) is 11.6 Å². The largest absolute Gasteiger partial charge is 0.494 e. The van der Waals surface area contributed by atoms with E-state index in [-0.39, 0.29) is 22.8 Å². The summed E-state index contributed by atoms with van der Waals surface area (Å²) < 4.78 is 18.4. The van der Waals surface area contributed by atoms with Gasteiger partial charge in [-0.05, 0) is 24.6 Å². The van der Waals surface area contributed by atoms with E-state index in [2.05, 4.69) is 37.2 Å². The Bertz CT molecular complexity index is 442. The molecule has 0 saturated carbocycles. The van der Waals surface area contributed by atoms with Gasteiger partial charge in [-0.3, -0.25) is 4.79 Å². The molecule has 1 aromatic rings. The van der Waals surface area contributed by atoms with Gasteiger partial charge in [0, 0.05) is 16.2 Å². The number of carbonyl (C=O) groups is 1. The van der Waals surface area contributed by atoms with Crippen molar-refractivity contribution in [1.82, 2.24) is 5.32 Å². The minimum atomic E-state index is -0.546. The highest BCUT2D eigenvalue weighted by Crippen LogP contribution is 2.20. The number of methoxy groups -OCH3 is 1. The normalized spacial score (nSPS) is 11.2. The quantitative estimate of drug-likeness (QED) is 0.747. The van der Waals surface area contributed by atoms with Gasteiger partial charge in [-0.15, -0.1) is 0 Å². The molecule has 0 aliphatic carbocycles. The second kappa shape index (κ2) is 7.24. The average molecular weight is 397 g/mol. The molecule has 0 radical (unpaired) electrons. The van der Waals surface area contributed by atoms with Crippen molar-refractivity contribution in [2.24, 2.45) is 0 Å². The lowest BCUT2D eigenvalue weighted by atomic mass is 10.0. The molecule has 6 heteroatoms. The number of hydrogen-bond acceptors (Lipinski definition) is 2. The first-order chi connectivity index (χ1) is 9.01. The molecular formula is C13H16Br2FNO2. The molecule has 0 saturated heterocycles. The van der Waals surface area contributed by atoms with Crippen LogP contribution in [0.3, 0.4) is 0 Å². The van der Waals surface area contributed by atoms with E-state index in [1.54, 1.807) is 6.07 Å². The number of amides is 1. The van der Waals surface area contributed by atoms with Gasteiger partial charge in [-0.1, -0.05) is 38.8 Å². The summed E-state index contributed by atoms with van der Waals surface area (Å²) in [6, 6.07) is 4.16. The summed E-state index contributed by atoms with van der Waals surface area (Å²) in [5, 5.41) is 4.15. The van der Waals surface area contributed by atoms with Crippen LogP contribution in [0, 0.1) is 5.82 Å². The number of hydrogen-bond donors (Lipinski definition) is 1. The SMILES string of the molecule is CCC(CBr)(CBr)NC(=O)c1ccc(OC)c(F)c1. The maximum absolute atomic E-state index is 13.6. The van der Waals surface area contributed by atoms with Gasteiger partial charge in [0.25, 0.3) is 5.91 Å². The van der Waals surface area contributed by atoms with Crippen LogP contribution in [-0.2, 0) is 0 Å². The molecule has 106 valence electrons. The van der Waals surface area contributed by atoms with Crippen molar-refractivity contribution in [2.45, 2.75) is 18.9 Å². The van der Waals surface area contributed by atoms with Crippen LogP contribution in [0.1, 0.15) is 23.7 Å². The first-order valence-corrected chi connectivity index (χ1v) is 8.04. The number of benzene rings is 1. The maximum atomic E-state index is 13.6. The summed E-state index contributed by atoms with van der Waals surface area (Å²) in [4.78, 5) is 12.1. The summed E-state index contributed by atoms with van der Waals surface area (Å²) in [7, 11) is 1.38. The highest BCUT2D eigenvalue weighted by molar-refractivity contribution is 9.09. The lowest BCUT2D eigenvalue weighted by Crippen LogP contribution is -2.51. The van der Waals surface area contributed by atoms with Crippen molar-refractivity contribution >= 4 is 37.8 Å². The smallest absolute Gasteiger partial charge is 0.251 e. The Morgan fingerprint density at radius 3 is 2.47 bits per heavy atom. The minimum absolute atomic E-state index is 0.124. The molecule has 1 rings (SSSR count). The lowest BCUT2D eigenvalue weighted by molar-refractivity contribution is 0.0915. The van der Waals surface area contributed by atoms with E-state index < -0.39 is 5.82 Å². The molecule has 1 amide bonds. The molecule has 0 unspecified atom stereocenters. The topological polar surface area (TPSA) is 38.3 Å². The zero-order valence-electron chi connectivity index (χ0n) is 10.8. The average Bonchev–Trinajstić information content (AvgIpc) is 2.44. The molecule has 0 aliphatic rings. The fraction of sp³-hybridized carbons (Fsp3) is 0.462. The fourth-order valence-corrected chi connectivity index (χ4v) is 3.50. The standard InChI is InChI=1S/C13H16Br2FNO2/c1-3-13(7-14,8-15)17-12(18)9-4-5-11(19-2)10(16)6-9/h4-6H,3,7-8H2,1-2H3,(H,17,18). The third kappa shape index (κ3) is 3.92. The molecular weight excluding hydrogens is 381 g/mol. The summed E-state index contributed by atoms with van der Waals surface area (Å²) in [5.74, 6) is -0.725. The van der Waals surface area contributed by atoms with Crippen molar-refractivity contribution < 1.29 is 13.9 Å². The second-order valence-electron chi connectivity index (χ2n) is 4.20. The van der Waals surface area contributed by atoms with Crippen molar-refractivity contribution in [1.29, 1.82) is 0 Å². The van der Waals surface area contributed by atoms with E-state index in [0.717, 1.165) is 6.42 Å². The summed E-state index contributed by atoms with van der Waals surface area (Å²) in [5.41, 5.74) is -0.106. The molecule has 0 fully saturated rings. The highest BCUT2D eigenvalue weighted by Gasteiger charge is 2.28. The number of nitrogens with one attached hydrogen (secondary N) is 1. The molecule has 0 atom stereocenters. The van der Waals surface area contributed by atoms with Crippen LogP contribution in [0.15, 0.2) is 18.2 Å². The molecule has 0 spiro atoms. The molecule has 0 aliphatic heterocycles. The van der Waals surface area contributed by atoms with Gasteiger partial charge in [-0.25, -0.2) is 4.39 Å². The van der Waals surface area contributed by atoms with Crippen molar-refractivity contribution in [3.05, 3.63) is 29.6 Å². The van der Waals surface area contributed by atoms with Gasteiger partial charge >= 0.3 is 0 Å². The van der Waals surface area contributed by atoms with E-state index in [1.807, 2.05) is 6.92 Å². The summed E-state index contributed by atoms with van der Waals surface area (Å²) >= 11 is 6.79. The van der Waals surface area contributed by atoms with Crippen LogP contribution in [0.5, 0.6) is 5.75 Å². The van der Waals surface area contributed by atoms with Gasteiger partial charge < -0.3 is 10.1 Å². The van der Waals surface area contributed by atoms with E-state index in [1.165, 1.54) is 19.2 Å². The Kier molecular flexibility index (Phi) is 6.26. The molecule has 0 bridgehead atoms. The number of alkyl halides is 2. The predicted molar refractivity (Wildman–Crippen MR) is 81.0 cm³/mol. The molecule has 0 heterocycles. The molecule has 3 nitrogen and oxygen atoms in total. The maximum Gasteiger partial charge on any atom is 0.251 e. The van der Waals surface area contributed by atoms with Crippen LogP contribution in [0.2, 0.25) is 0 Å². The van der Waals surface area contributed by atoms with Gasteiger partial charge in [0.1, 0.15) is 0 Å². The van der Waals surface area contributed by atoms with Crippen LogP contribution in [0.4, 0.5) is 4.39 Å². The monoisotopic (exact) mass is 395 g/mol. The number of halogens is 3. The number of carbonyl (C=O) groups excluding carboxylic acids is 1. The van der Waals surface area contributed by atoms with E-state index in [9.17, 15) is 9.18 Å². The van der Waals surface area contributed by atoms with Crippen LogP contribution in [0.25, 0.3) is 0 Å². The van der Waals surface area contributed by atoms with Crippen molar-refractivity contribution in [3.63, 3.8) is 0 Å². The number of rotatable bonds is 6. The Balaban J connectivity index is 2.92. The zero-order valence-corrected chi connectivity index (χ0v) is 14.0. The first kappa shape index (κ1) is 16.4. The van der Waals surface area contributed by atoms with Crippen LogP contribution >= 0.6 is 31.9 Å². The van der Waals surface area contributed by atoms with Gasteiger partial charge in [0.2, 0.25) is 0 Å². The van der Waals surface area contributed by atoms with Crippen LogP contribution < -0.4 is 10.1 Å². The number of ether oxygens (including phenoxy) is 1. The summed E-state index contributed by atoms with van der Waals surface area (Å²) in [6.07, 6.45) is 0.758. The molecule has 1 N–H and O–H groups in total. The molecule has 1 aromatic carbocycles. The van der Waals surface area contributed by atoms with Crippen LogP contribution in [-0.4, -0.2) is 29.2 Å². The van der Waals surface area contributed by atoms with E-state index >= 15 is 0 Å². The van der Waals surface area contributed by atoms with E-state index in [0.29, 0.717) is 10.7 Å². The first-order valence-electron chi connectivity index (χ1n) is 5.80. The summed E-state index contributed by atoms with van der Waals surface area (Å²) in [6.45, 7) is 1.98. The van der Waals surface area contributed by atoms with Gasteiger partial charge in [0.05, 0.1) is 12.6 Å². The molecule has 0 aromatic heterocycles. The third-order valence-electron chi connectivity index (χ3n) is 2.98. The van der Waals surface area contributed by atoms with Gasteiger partial charge in [-0.2, -0.15) is 0 Å². The minimum Gasteiger partial charge on any atom is -0.494 e. The van der Waals surface area contributed by atoms with Crippen molar-refractivity contribution in [3.8, 4) is 5.75 Å². The predicted octanol–water partition coefficient (Wildman–Crippen LogP) is 3.50. The second-order valence-corrected chi connectivity index (χ2v) is 5.33. The lowest BCUT2D eigenvalue weighted by Gasteiger charge is -2.30. The Morgan fingerprint density at radius 1 is 1.42 bits per heavy atom. The fourth-order valence-electron chi connectivity index (χ4n) is 1.50. The molecule has 19 heavy (non-hydrogen) atoms. The highest BCUT2D eigenvalue weighted by atomic mass is 79.9. The zero-order chi connectivity index (χ0) is 14.5. The Labute approximate surface area is 129 Å². The Morgan fingerprint density at radius 2 is 2.05 bits per heavy atom. The van der Waals surface area contributed by atoms with Crippen molar-refractivity contribution in [2.75, 3.05) is 17.8 Å². The Hall–Kier alpha value is -0.620. The third-order valence-corrected chi connectivity index (χ3v) is 5.13.